The minimum Gasteiger partial charge on any atom is -0.320 e. The Morgan fingerprint density at radius 2 is 2.25 bits per heavy atom. The van der Waals surface area contributed by atoms with Gasteiger partial charge in [0.25, 0.3) is 0 Å². The summed E-state index contributed by atoms with van der Waals surface area (Å²) < 4.78 is 0. The molecule has 1 aromatic rings. The van der Waals surface area contributed by atoms with E-state index in [4.69, 9.17) is 0 Å². The van der Waals surface area contributed by atoms with Crippen LogP contribution in [0.1, 0.15) is 17.7 Å². The second kappa shape index (κ2) is 4.30. The Kier molecular flexibility index (Phi) is 2.85. The molecule has 84 valence electrons. The maximum Gasteiger partial charge on any atom is 0.324 e. The van der Waals surface area contributed by atoms with Crippen molar-refractivity contribution in [1.82, 2.24) is 15.2 Å². The van der Waals surface area contributed by atoms with Gasteiger partial charge in [-0.15, -0.1) is 0 Å². The molecule has 0 aliphatic carbocycles. The van der Waals surface area contributed by atoms with Gasteiger partial charge in [0.2, 0.25) is 5.91 Å². The number of nitrogens with one attached hydrogen (secondary N) is 1. The van der Waals surface area contributed by atoms with Crippen LogP contribution < -0.4 is 5.32 Å². The molecule has 0 unspecified atom stereocenters. The van der Waals surface area contributed by atoms with Crippen molar-refractivity contribution < 1.29 is 9.59 Å². The maximum absolute atomic E-state index is 11.4. The average molecular weight is 219 g/mol. The molecule has 1 fully saturated rings. The summed E-state index contributed by atoms with van der Waals surface area (Å²) in [7, 11) is 0. The highest BCUT2D eigenvalue weighted by Crippen LogP contribution is 2.08. The molecule has 0 saturated carbocycles. The highest BCUT2D eigenvalue weighted by Gasteiger charge is 2.22. The van der Waals surface area contributed by atoms with Crippen LogP contribution in [-0.4, -0.2) is 28.4 Å². The molecular formula is C11H13N3O2. The van der Waals surface area contributed by atoms with E-state index < -0.39 is 0 Å². The van der Waals surface area contributed by atoms with Crippen molar-refractivity contribution in [2.75, 3.05) is 6.54 Å². The molecule has 0 spiro atoms. The molecule has 16 heavy (non-hydrogen) atoms. The number of pyridine rings is 1. The molecular weight excluding hydrogens is 206 g/mol. The molecule has 3 amide bonds. The molecule has 1 aliphatic rings. The fourth-order valence-corrected chi connectivity index (χ4v) is 1.56. The lowest BCUT2D eigenvalue weighted by atomic mass is 10.2. The Morgan fingerprint density at radius 3 is 2.88 bits per heavy atom. The van der Waals surface area contributed by atoms with E-state index in [1.54, 1.807) is 11.1 Å². The molecule has 0 atom stereocenters. The fraction of sp³-hybridized carbons (Fsp3) is 0.364. The number of nitrogens with zero attached hydrogens (tertiary/aromatic N) is 2. The van der Waals surface area contributed by atoms with Gasteiger partial charge in [0.05, 0.1) is 0 Å². The third kappa shape index (κ3) is 2.36. The second-order valence-electron chi connectivity index (χ2n) is 3.83. The smallest absolute Gasteiger partial charge is 0.320 e. The summed E-state index contributed by atoms with van der Waals surface area (Å²) in [6, 6.07) is 3.52. The van der Waals surface area contributed by atoms with E-state index in [1.165, 1.54) is 0 Å². The summed E-state index contributed by atoms with van der Waals surface area (Å²) in [4.78, 5) is 28.2. The van der Waals surface area contributed by atoms with Crippen molar-refractivity contribution in [1.29, 1.82) is 0 Å². The number of rotatable bonds is 2. The normalized spacial score (nSPS) is 16.2. The number of amides is 3. The first kappa shape index (κ1) is 10.6. The van der Waals surface area contributed by atoms with Gasteiger partial charge in [0.15, 0.2) is 0 Å². The van der Waals surface area contributed by atoms with Gasteiger partial charge in [-0.25, -0.2) is 4.79 Å². The predicted molar refractivity (Wildman–Crippen MR) is 57.5 cm³/mol. The van der Waals surface area contributed by atoms with Gasteiger partial charge in [-0.3, -0.25) is 15.1 Å². The van der Waals surface area contributed by atoms with Crippen LogP contribution >= 0.6 is 0 Å². The second-order valence-corrected chi connectivity index (χ2v) is 3.83. The van der Waals surface area contributed by atoms with Crippen molar-refractivity contribution in [3.8, 4) is 0 Å². The van der Waals surface area contributed by atoms with Crippen molar-refractivity contribution in [2.24, 2.45) is 0 Å². The van der Waals surface area contributed by atoms with Crippen LogP contribution in [0.25, 0.3) is 0 Å². The molecule has 5 nitrogen and oxygen atoms in total. The zero-order valence-corrected chi connectivity index (χ0v) is 9.06. The third-order valence-electron chi connectivity index (χ3n) is 2.49. The highest BCUT2D eigenvalue weighted by molar-refractivity contribution is 5.96. The minimum absolute atomic E-state index is 0.205. The number of urea groups is 1. The lowest BCUT2D eigenvalue weighted by Crippen LogP contribution is -2.48. The monoisotopic (exact) mass is 219 g/mol. The minimum atomic E-state index is -0.322. The largest absolute Gasteiger partial charge is 0.324 e. The molecule has 1 aliphatic heterocycles. The number of imide groups is 1. The maximum atomic E-state index is 11.4. The van der Waals surface area contributed by atoms with Crippen LogP contribution in [0, 0.1) is 6.92 Å². The van der Waals surface area contributed by atoms with E-state index >= 15 is 0 Å². The van der Waals surface area contributed by atoms with E-state index in [-0.39, 0.29) is 11.9 Å². The lowest BCUT2D eigenvalue weighted by molar-refractivity contribution is -0.121. The number of carbonyl (C=O) groups is 2. The summed E-state index contributed by atoms with van der Waals surface area (Å²) in [5.41, 5.74) is 1.91. The van der Waals surface area contributed by atoms with Gasteiger partial charge in [-0.2, -0.15) is 0 Å². The van der Waals surface area contributed by atoms with E-state index in [0.717, 1.165) is 11.3 Å². The van der Waals surface area contributed by atoms with Crippen LogP contribution in [0.2, 0.25) is 0 Å². The zero-order valence-electron chi connectivity index (χ0n) is 9.06. The van der Waals surface area contributed by atoms with Crippen LogP contribution in [0.5, 0.6) is 0 Å². The summed E-state index contributed by atoms with van der Waals surface area (Å²) in [5, 5.41) is 2.29. The molecule has 0 radical (unpaired) electrons. The van der Waals surface area contributed by atoms with Gasteiger partial charge < -0.3 is 4.90 Å². The van der Waals surface area contributed by atoms with Gasteiger partial charge in [-0.05, 0) is 18.6 Å². The number of aromatic nitrogens is 1. The third-order valence-corrected chi connectivity index (χ3v) is 2.49. The molecule has 0 bridgehead atoms. The molecule has 0 aromatic carbocycles. The summed E-state index contributed by atoms with van der Waals surface area (Å²) in [6.45, 7) is 2.88. The molecule has 2 heterocycles. The van der Waals surface area contributed by atoms with Crippen LogP contribution in [-0.2, 0) is 11.3 Å². The molecule has 2 rings (SSSR count). The summed E-state index contributed by atoms with van der Waals surface area (Å²) in [6.07, 6.45) is 2.12. The number of hydrogen-bond acceptors (Lipinski definition) is 3. The Labute approximate surface area is 93.5 Å². The first-order chi connectivity index (χ1) is 7.65. The van der Waals surface area contributed by atoms with Gasteiger partial charge in [0.1, 0.15) is 0 Å². The van der Waals surface area contributed by atoms with Crippen molar-refractivity contribution in [3.05, 3.63) is 29.6 Å². The van der Waals surface area contributed by atoms with E-state index in [0.29, 0.717) is 19.5 Å². The number of carbonyl (C=O) groups excluding carboxylic acids is 2. The van der Waals surface area contributed by atoms with Gasteiger partial charge >= 0.3 is 6.03 Å². The van der Waals surface area contributed by atoms with Crippen molar-refractivity contribution in [3.63, 3.8) is 0 Å². The number of aryl methyl sites for hydroxylation is 1. The van der Waals surface area contributed by atoms with Gasteiger partial charge in [0, 0.05) is 31.4 Å². The first-order valence-electron chi connectivity index (χ1n) is 5.15. The Hall–Kier alpha value is -1.91. The lowest BCUT2D eigenvalue weighted by Gasteiger charge is -2.26. The quantitative estimate of drug-likeness (QED) is 0.801. The van der Waals surface area contributed by atoms with E-state index in [9.17, 15) is 9.59 Å². The van der Waals surface area contributed by atoms with E-state index in [1.807, 2.05) is 19.1 Å². The predicted octanol–water partition coefficient (Wildman–Crippen LogP) is 0.832. The topological polar surface area (TPSA) is 62.3 Å². The van der Waals surface area contributed by atoms with Crippen LogP contribution in [0.4, 0.5) is 4.79 Å². The zero-order chi connectivity index (χ0) is 11.5. The average Bonchev–Trinajstić information content (AvgIpc) is 2.25. The van der Waals surface area contributed by atoms with Crippen LogP contribution in [0.3, 0.4) is 0 Å². The first-order valence-corrected chi connectivity index (χ1v) is 5.15. The molecule has 1 N–H and O–H groups in total. The Balaban J connectivity index is 2.02. The van der Waals surface area contributed by atoms with Gasteiger partial charge in [-0.1, -0.05) is 6.07 Å². The Bertz CT molecular complexity index is 414. The van der Waals surface area contributed by atoms with Crippen LogP contribution in [0.15, 0.2) is 18.3 Å². The van der Waals surface area contributed by atoms with E-state index in [2.05, 4.69) is 10.3 Å². The molecule has 1 aromatic heterocycles. The molecule has 1 saturated heterocycles. The standard InChI is InChI=1S/C11H13N3O2/c1-8-2-3-9(6-12-8)7-14-5-4-10(15)13-11(14)16/h2-3,6H,4-5,7H2,1H3,(H,13,15,16). The molecule has 5 heteroatoms. The highest BCUT2D eigenvalue weighted by atomic mass is 16.2. The summed E-state index contributed by atoms with van der Waals surface area (Å²) >= 11 is 0. The van der Waals surface area contributed by atoms with Crippen molar-refractivity contribution in [2.45, 2.75) is 19.9 Å². The summed E-state index contributed by atoms with van der Waals surface area (Å²) in [5.74, 6) is -0.205. The van der Waals surface area contributed by atoms with Crippen molar-refractivity contribution >= 4 is 11.9 Å². The number of hydrogen-bond donors (Lipinski definition) is 1. The SMILES string of the molecule is Cc1ccc(CN2CCC(=O)NC2=O)cn1. The Morgan fingerprint density at radius 1 is 1.44 bits per heavy atom. The fourth-order valence-electron chi connectivity index (χ4n) is 1.56.